The van der Waals surface area contributed by atoms with E-state index in [2.05, 4.69) is 20.0 Å². The Morgan fingerprint density at radius 3 is 1.84 bits per heavy atom. The third-order valence-corrected chi connectivity index (χ3v) is 3.44. The van der Waals surface area contributed by atoms with Gasteiger partial charge >= 0.3 is 33.9 Å². The second-order valence-electron chi connectivity index (χ2n) is 4.40. The van der Waals surface area contributed by atoms with E-state index in [4.69, 9.17) is 18.7 Å². The molecule has 2 N–H and O–H groups in total. The third-order valence-electron chi connectivity index (χ3n) is 3.44. The molecule has 2 aromatic carbocycles. The summed E-state index contributed by atoms with van der Waals surface area (Å²) in [6.45, 7) is 13.5. The van der Waals surface area contributed by atoms with E-state index in [1.165, 1.54) is 0 Å². The van der Waals surface area contributed by atoms with Crippen molar-refractivity contribution in [3.63, 3.8) is 0 Å². The molecule has 0 spiro atoms. The van der Waals surface area contributed by atoms with Gasteiger partial charge in [-0.25, -0.2) is 0 Å². The van der Waals surface area contributed by atoms with Gasteiger partial charge in [0.2, 0.25) is 0 Å². The maximum atomic E-state index is 10.2. The SMILES string of the molecule is COc1cccc2c1-c1ccccc1[C@H](O)[C@H]2O.[C-]#[O+].[C-]#[O+].[C-]#[O+].[Cr]. The van der Waals surface area contributed by atoms with Gasteiger partial charge in [0.05, 0.1) is 7.11 Å². The molecule has 128 valence electrons. The van der Waals surface area contributed by atoms with E-state index in [0.29, 0.717) is 11.3 Å². The summed E-state index contributed by atoms with van der Waals surface area (Å²) in [5.41, 5.74) is 3.23. The Labute approximate surface area is 156 Å². The smallest absolute Gasteiger partial charge is 0 e. The van der Waals surface area contributed by atoms with Crippen molar-refractivity contribution < 1.29 is 46.3 Å². The van der Waals surface area contributed by atoms with Crippen LogP contribution in [0.5, 0.6) is 5.75 Å². The predicted octanol–water partition coefficient (Wildman–Crippen LogP) is 2.33. The summed E-state index contributed by atoms with van der Waals surface area (Å²) < 4.78 is 27.9. The zero-order valence-corrected chi connectivity index (χ0v) is 14.4. The quantitative estimate of drug-likeness (QED) is 0.587. The number of hydrogen-bond acceptors (Lipinski definition) is 3. The minimum atomic E-state index is -0.912. The maximum absolute atomic E-state index is 10.2. The molecule has 1 aliphatic carbocycles. The molecule has 0 amide bonds. The number of benzene rings is 2. The number of aliphatic hydroxyl groups excluding tert-OH is 2. The molecule has 25 heavy (non-hydrogen) atoms. The summed E-state index contributed by atoms with van der Waals surface area (Å²) in [6.07, 6.45) is -1.80. The van der Waals surface area contributed by atoms with Crippen molar-refractivity contribution in [1.82, 2.24) is 0 Å². The molecule has 0 bridgehead atoms. The molecule has 6 nitrogen and oxygen atoms in total. The van der Waals surface area contributed by atoms with Crippen molar-refractivity contribution in [2.75, 3.05) is 7.11 Å². The van der Waals surface area contributed by atoms with E-state index in [-0.39, 0.29) is 17.4 Å². The van der Waals surface area contributed by atoms with Gasteiger partial charge in [-0.1, -0.05) is 36.4 Å². The van der Waals surface area contributed by atoms with Gasteiger partial charge in [-0.2, -0.15) is 0 Å². The van der Waals surface area contributed by atoms with Gasteiger partial charge in [-0.3, -0.25) is 0 Å². The predicted molar refractivity (Wildman–Crippen MR) is 80.1 cm³/mol. The second-order valence-corrected chi connectivity index (χ2v) is 4.40. The summed E-state index contributed by atoms with van der Waals surface area (Å²) in [4.78, 5) is 0. The fraction of sp³-hybridized carbons (Fsp3) is 0.167. The number of methoxy groups -OCH3 is 1. The minimum absolute atomic E-state index is 0. The number of fused-ring (bicyclic) bond motifs is 3. The zero-order chi connectivity index (χ0) is 18.7. The average molecular weight is 378 g/mol. The summed E-state index contributed by atoms with van der Waals surface area (Å²) in [5.74, 6) is 0.714. The van der Waals surface area contributed by atoms with Crippen LogP contribution in [-0.2, 0) is 31.3 Å². The van der Waals surface area contributed by atoms with E-state index in [0.717, 1.165) is 16.7 Å². The number of hydrogen-bond donors (Lipinski definition) is 2. The van der Waals surface area contributed by atoms with Crippen LogP contribution >= 0.6 is 0 Å². The molecule has 0 radical (unpaired) electrons. The molecule has 3 rings (SSSR count). The second kappa shape index (κ2) is 13.2. The first-order chi connectivity index (χ1) is 11.7. The van der Waals surface area contributed by atoms with Gasteiger partial charge in [0.1, 0.15) is 18.0 Å². The molecule has 2 atom stereocenters. The largest absolute Gasteiger partial charge is 0 e. The molecular weight excluding hydrogens is 364 g/mol. The number of ether oxygens (including phenoxy) is 1. The summed E-state index contributed by atoms with van der Waals surface area (Å²) in [5, 5.41) is 20.3. The first-order valence-corrected chi connectivity index (χ1v) is 6.47. The monoisotopic (exact) mass is 378 g/mol. The van der Waals surface area contributed by atoms with Crippen molar-refractivity contribution in [3.05, 3.63) is 73.5 Å². The Morgan fingerprint density at radius 2 is 1.28 bits per heavy atom. The molecule has 0 saturated heterocycles. The molecule has 0 heterocycles. The van der Waals surface area contributed by atoms with Crippen LogP contribution < -0.4 is 4.74 Å². The van der Waals surface area contributed by atoms with E-state index >= 15 is 0 Å². The molecule has 0 saturated carbocycles. The van der Waals surface area contributed by atoms with Crippen LogP contribution in [0.1, 0.15) is 23.3 Å². The van der Waals surface area contributed by atoms with Crippen molar-refractivity contribution >= 4 is 0 Å². The molecule has 7 heteroatoms. The molecule has 0 fully saturated rings. The number of aliphatic hydroxyl groups is 2. The van der Waals surface area contributed by atoms with Crippen LogP contribution in [0.3, 0.4) is 0 Å². The summed E-state index contributed by atoms with van der Waals surface area (Å²) in [6, 6.07) is 13.0. The normalized spacial score (nSPS) is 15.4. The Balaban J connectivity index is 0. The first-order valence-electron chi connectivity index (χ1n) is 6.47. The Kier molecular flexibility index (Phi) is 13.3. The van der Waals surface area contributed by atoms with Crippen LogP contribution in [-0.4, -0.2) is 17.3 Å². The molecule has 0 aliphatic heterocycles. The number of rotatable bonds is 1. The standard InChI is InChI=1S/C15H14O3.3CO.Cr/c1-18-12-8-4-7-11-13(12)9-5-2-3-6-10(9)14(16)15(11)17;3*1-2;/h2-8,14-17H,1H3;;;;/t14-,15-;;;;/m0..../s1. The van der Waals surface area contributed by atoms with Crippen molar-refractivity contribution in [2.45, 2.75) is 12.2 Å². The average Bonchev–Trinajstić information content (AvgIpc) is 2.70. The van der Waals surface area contributed by atoms with Crippen LogP contribution in [0, 0.1) is 20.0 Å². The fourth-order valence-corrected chi connectivity index (χ4v) is 2.58. The molecule has 2 aromatic rings. The van der Waals surface area contributed by atoms with Gasteiger partial charge < -0.3 is 14.9 Å². The van der Waals surface area contributed by atoms with E-state index in [1.54, 1.807) is 7.11 Å². The van der Waals surface area contributed by atoms with E-state index in [9.17, 15) is 10.2 Å². The molecule has 0 unspecified atom stereocenters. The van der Waals surface area contributed by atoms with Gasteiger partial charge in [-0.15, -0.1) is 0 Å². The molecule has 1 aliphatic rings. The van der Waals surface area contributed by atoms with E-state index in [1.807, 2.05) is 42.5 Å². The van der Waals surface area contributed by atoms with Crippen molar-refractivity contribution in [2.24, 2.45) is 0 Å². The van der Waals surface area contributed by atoms with E-state index < -0.39 is 12.2 Å². The zero-order valence-electron chi connectivity index (χ0n) is 13.1. The molecule has 0 aromatic heterocycles. The topological polar surface area (TPSA) is 109 Å². The van der Waals surface area contributed by atoms with Gasteiger partial charge in [0.25, 0.3) is 0 Å². The van der Waals surface area contributed by atoms with Crippen molar-refractivity contribution in [1.29, 1.82) is 0 Å². The maximum Gasteiger partial charge on any atom is 0 e. The van der Waals surface area contributed by atoms with Gasteiger partial charge in [-0.05, 0) is 22.8 Å². The van der Waals surface area contributed by atoms with Crippen molar-refractivity contribution in [3.8, 4) is 16.9 Å². The third kappa shape index (κ3) is 5.19. The van der Waals surface area contributed by atoms with Gasteiger partial charge in [0, 0.05) is 22.9 Å². The Morgan fingerprint density at radius 1 is 0.800 bits per heavy atom. The minimum Gasteiger partial charge on any atom is 0 e. The van der Waals surface area contributed by atoms with Crippen LogP contribution in [0.25, 0.3) is 11.1 Å². The Hall–Kier alpha value is -2.09. The summed E-state index contributed by atoms with van der Waals surface area (Å²) in [7, 11) is 1.61. The van der Waals surface area contributed by atoms with Gasteiger partial charge in [0.15, 0.2) is 0 Å². The van der Waals surface area contributed by atoms with Crippen LogP contribution in [0.4, 0.5) is 0 Å². The molecular formula is C18H14CrO6. The van der Waals surface area contributed by atoms with Crippen LogP contribution in [0.2, 0.25) is 0 Å². The fourth-order valence-electron chi connectivity index (χ4n) is 2.58. The summed E-state index contributed by atoms with van der Waals surface area (Å²) >= 11 is 0. The Bertz CT molecular complexity index is 709. The first kappa shape index (κ1) is 25.2. The van der Waals surface area contributed by atoms with Crippen LogP contribution in [0.15, 0.2) is 42.5 Å².